The number of carbonyl (C=O) groups is 3. The van der Waals surface area contributed by atoms with E-state index in [0.717, 1.165) is 5.69 Å². The van der Waals surface area contributed by atoms with Crippen LogP contribution in [0.1, 0.15) is 12.6 Å². The van der Waals surface area contributed by atoms with Gasteiger partial charge in [-0.25, -0.2) is 19.0 Å². The third-order valence-electron chi connectivity index (χ3n) is 6.01. The minimum atomic E-state index is -0.362. The molecule has 0 spiro atoms. The van der Waals surface area contributed by atoms with Crippen LogP contribution in [0.4, 0.5) is 24.8 Å². The highest BCUT2D eigenvalue weighted by Gasteiger charge is 2.26. The summed E-state index contributed by atoms with van der Waals surface area (Å²) in [5, 5.41) is 5.00. The molecule has 0 radical (unpaired) electrons. The van der Waals surface area contributed by atoms with E-state index in [9.17, 15) is 18.8 Å². The van der Waals surface area contributed by atoms with Crippen molar-refractivity contribution >= 4 is 40.2 Å². The first kappa shape index (κ1) is 24.7. The minimum Gasteiger partial charge on any atom is -0.450 e. The highest BCUT2D eigenvalue weighted by molar-refractivity contribution is 7.13. The molecule has 0 bridgehead atoms. The quantitative estimate of drug-likeness (QED) is 0.672. The smallest absolute Gasteiger partial charge is 0.409 e. The second kappa shape index (κ2) is 11.3. The average molecular weight is 505 g/mol. The van der Waals surface area contributed by atoms with Gasteiger partial charge in [-0.05, 0) is 31.2 Å². The van der Waals surface area contributed by atoms with Gasteiger partial charge in [0.1, 0.15) is 5.82 Å². The van der Waals surface area contributed by atoms with E-state index >= 15 is 0 Å². The normalized spacial score (nSPS) is 16.3. The van der Waals surface area contributed by atoms with Crippen molar-refractivity contribution in [2.75, 3.05) is 69.2 Å². The van der Waals surface area contributed by atoms with Crippen LogP contribution >= 0.6 is 11.3 Å². The van der Waals surface area contributed by atoms with E-state index in [1.807, 2.05) is 0 Å². The van der Waals surface area contributed by atoms with Crippen molar-refractivity contribution in [3.8, 4) is 0 Å². The monoisotopic (exact) mass is 504 g/mol. The predicted octanol–water partition coefficient (Wildman–Crippen LogP) is 2.48. The summed E-state index contributed by atoms with van der Waals surface area (Å²) in [5.74, 6) is -0.278. The van der Waals surface area contributed by atoms with Gasteiger partial charge in [0.15, 0.2) is 5.13 Å². The number of thiazole rings is 1. The zero-order valence-corrected chi connectivity index (χ0v) is 20.4. The van der Waals surface area contributed by atoms with Gasteiger partial charge < -0.3 is 24.3 Å². The van der Waals surface area contributed by atoms with Gasteiger partial charge in [0.2, 0.25) is 5.91 Å². The molecule has 0 aliphatic carbocycles. The number of aromatic nitrogens is 1. The van der Waals surface area contributed by atoms with Crippen molar-refractivity contribution in [2.45, 2.75) is 13.3 Å². The van der Waals surface area contributed by atoms with Gasteiger partial charge in [-0.3, -0.25) is 10.1 Å². The van der Waals surface area contributed by atoms with Gasteiger partial charge in [0.25, 0.3) is 0 Å². The fourth-order valence-corrected chi connectivity index (χ4v) is 4.76. The van der Waals surface area contributed by atoms with Crippen LogP contribution in [0.2, 0.25) is 0 Å². The summed E-state index contributed by atoms with van der Waals surface area (Å²) in [6.07, 6.45) is -0.195. The summed E-state index contributed by atoms with van der Waals surface area (Å²) in [5.41, 5.74) is 1.56. The van der Waals surface area contributed by atoms with Crippen molar-refractivity contribution in [3.05, 3.63) is 41.2 Å². The molecule has 1 aromatic carbocycles. The topological polar surface area (TPSA) is 98.3 Å². The largest absolute Gasteiger partial charge is 0.450 e. The van der Waals surface area contributed by atoms with Crippen LogP contribution < -0.4 is 10.2 Å². The van der Waals surface area contributed by atoms with Crippen LogP contribution in [0.15, 0.2) is 29.6 Å². The number of piperazine rings is 2. The number of ether oxygens (including phenoxy) is 1. The van der Waals surface area contributed by atoms with Gasteiger partial charge in [0, 0.05) is 63.4 Å². The Hall–Kier alpha value is -3.41. The molecule has 12 heteroatoms. The first-order chi connectivity index (χ1) is 16.9. The standard InChI is InChI=1S/C23H29FN6O4S/c1-2-34-23(33)30-13-11-29(12-14-30)22(32)26-21-25-18(16-35-21)15-20(31)28-9-7-27(8-10-28)19-5-3-17(24)4-6-19/h3-6,16H,2,7-15H2,1H3,(H,25,26,32). The van der Waals surface area contributed by atoms with E-state index in [4.69, 9.17) is 4.74 Å². The molecule has 2 aliphatic heterocycles. The Balaban J connectivity index is 1.21. The summed E-state index contributed by atoms with van der Waals surface area (Å²) in [4.78, 5) is 48.7. The third-order valence-corrected chi connectivity index (χ3v) is 6.82. The first-order valence-corrected chi connectivity index (χ1v) is 12.5. The molecule has 2 saturated heterocycles. The number of carbonyl (C=O) groups excluding carboxylic acids is 3. The first-order valence-electron chi connectivity index (χ1n) is 11.6. The molecule has 2 fully saturated rings. The Morgan fingerprint density at radius 3 is 2.26 bits per heavy atom. The number of hydrogen-bond donors (Lipinski definition) is 1. The molecule has 0 unspecified atom stereocenters. The Kier molecular flexibility index (Phi) is 8.01. The van der Waals surface area contributed by atoms with Crippen LogP contribution in [0.25, 0.3) is 0 Å². The summed E-state index contributed by atoms with van der Waals surface area (Å²) >= 11 is 1.28. The van der Waals surface area contributed by atoms with Crippen LogP contribution in [-0.2, 0) is 16.0 Å². The molecule has 35 heavy (non-hydrogen) atoms. The van der Waals surface area contributed by atoms with Crippen LogP contribution in [0, 0.1) is 5.82 Å². The molecule has 0 atom stereocenters. The van der Waals surface area contributed by atoms with Crippen LogP contribution in [0.3, 0.4) is 0 Å². The molecular weight excluding hydrogens is 475 g/mol. The highest BCUT2D eigenvalue weighted by atomic mass is 32.1. The minimum absolute atomic E-state index is 0.0120. The lowest BCUT2D eigenvalue weighted by atomic mass is 10.2. The van der Waals surface area contributed by atoms with E-state index in [0.29, 0.717) is 69.8 Å². The van der Waals surface area contributed by atoms with E-state index in [1.54, 1.807) is 39.1 Å². The molecular formula is C23H29FN6O4S. The number of hydrogen-bond acceptors (Lipinski definition) is 7. The predicted molar refractivity (Wildman–Crippen MR) is 130 cm³/mol. The van der Waals surface area contributed by atoms with Gasteiger partial charge >= 0.3 is 12.1 Å². The van der Waals surface area contributed by atoms with Crippen LogP contribution in [0.5, 0.6) is 0 Å². The van der Waals surface area contributed by atoms with Crippen molar-refractivity contribution in [2.24, 2.45) is 0 Å². The van der Waals surface area contributed by atoms with Crippen molar-refractivity contribution in [3.63, 3.8) is 0 Å². The number of nitrogens with zero attached hydrogens (tertiary/aromatic N) is 5. The summed E-state index contributed by atoms with van der Waals surface area (Å²) in [6.45, 7) is 6.25. The molecule has 3 heterocycles. The number of rotatable bonds is 5. The average Bonchev–Trinajstić information content (AvgIpc) is 3.31. The van der Waals surface area contributed by atoms with E-state index < -0.39 is 0 Å². The zero-order valence-electron chi connectivity index (χ0n) is 19.6. The van der Waals surface area contributed by atoms with E-state index in [1.165, 1.54) is 23.5 Å². The number of benzene rings is 1. The van der Waals surface area contributed by atoms with Crippen molar-refractivity contribution < 1.29 is 23.5 Å². The maximum atomic E-state index is 13.1. The SMILES string of the molecule is CCOC(=O)N1CCN(C(=O)Nc2nc(CC(=O)N3CCN(c4ccc(F)cc4)CC3)cs2)CC1. The molecule has 4 rings (SSSR count). The summed E-state index contributed by atoms with van der Waals surface area (Å²) in [7, 11) is 0. The van der Waals surface area contributed by atoms with Crippen molar-refractivity contribution in [1.29, 1.82) is 0 Å². The Morgan fingerprint density at radius 1 is 0.971 bits per heavy atom. The molecule has 1 N–H and O–H groups in total. The number of urea groups is 1. The summed E-state index contributed by atoms with van der Waals surface area (Å²) in [6, 6.07) is 6.10. The molecule has 2 aromatic rings. The van der Waals surface area contributed by atoms with Crippen LogP contribution in [-0.4, -0.2) is 96.7 Å². The second-order valence-electron chi connectivity index (χ2n) is 8.27. The van der Waals surface area contributed by atoms with Gasteiger partial charge in [-0.2, -0.15) is 0 Å². The molecule has 4 amide bonds. The molecule has 2 aliphatic rings. The number of nitrogens with one attached hydrogen (secondary N) is 1. The van der Waals surface area contributed by atoms with E-state index in [2.05, 4.69) is 15.2 Å². The lowest BCUT2D eigenvalue weighted by Crippen LogP contribution is -2.51. The Bertz CT molecular complexity index is 1030. The highest BCUT2D eigenvalue weighted by Crippen LogP contribution is 2.20. The lowest BCUT2D eigenvalue weighted by Gasteiger charge is -2.36. The Labute approximate surface area is 207 Å². The fraction of sp³-hybridized carbons (Fsp3) is 0.478. The van der Waals surface area contributed by atoms with E-state index in [-0.39, 0.29) is 30.3 Å². The van der Waals surface area contributed by atoms with Gasteiger partial charge in [0.05, 0.1) is 18.7 Å². The second-order valence-corrected chi connectivity index (χ2v) is 9.13. The maximum absolute atomic E-state index is 13.1. The summed E-state index contributed by atoms with van der Waals surface area (Å²) < 4.78 is 18.1. The maximum Gasteiger partial charge on any atom is 0.409 e. The zero-order chi connectivity index (χ0) is 24.8. The number of anilines is 2. The Morgan fingerprint density at radius 2 is 1.60 bits per heavy atom. The fourth-order valence-electron chi connectivity index (χ4n) is 4.06. The molecule has 10 nitrogen and oxygen atoms in total. The van der Waals surface area contributed by atoms with Gasteiger partial charge in [-0.1, -0.05) is 0 Å². The number of amides is 4. The molecule has 1 aromatic heterocycles. The molecule has 0 saturated carbocycles. The number of halogens is 1. The lowest BCUT2D eigenvalue weighted by molar-refractivity contribution is -0.130. The third kappa shape index (κ3) is 6.38. The van der Waals surface area contributed by atoms with Gasteiger partial charge in [-0.15, -0.1) is 11.3 Å². The van der Waals surface area contributed by atoms with Crippen molar-refractivity contribution in [1.82, 2.24) is 19.7 Å². The molecule has 188 valence electrons.